The number of hydrogen-bond acceptors (Lipinski definition) is 5. The van der Waals surface area contributed by atoms with Crippen LogP contribution in [0.25, 0.3) is 0 Å². The minimum atomic E-state index is -4.52. The van der Waals surface area contributed by atoms with Crippen molar-refractivity contribution < 1.29 is 37.0 Å². The molecule has 0 saturated heterocycles. The standard InChI is InChI=1S/C21H26F3N3O5/c1-18(2,3)32-17(30)26-19-10-20(11-19,12-19)27(15(28)9-31-16(25)29)8-13-5-4-6-14(7-13)21(22,23)24/h4-7H,8-12H2,1-3H3,(H2,25,29)(H,26,30). The van der Waals surface area contributed by atoms with Crippen molar-refractivity contribution in [2.24, 2.45) is 5.73 Å². The van der Waals surface area contributed by atoms with Crippen LogP contribution >= 0.6 is 0 Å². The van der Waals surface area contributed by atoms with E-state index in [1.165, 1.54) is 17.0 Å². The Morgan fingerprint density at radius 3 is 2.31 bits per heavy atom. The highest BCUT2D eigenvalue weighted by molar-refractivity contribution is 5.81. The Hall–Kier alpha value is -2.98. The number of primary amides is 1. The number of alkyl carbamates (subject to hydrolysis) is 1. The van der Waals surface area contributed by atoms with Crippen molar-refractivity contribution in [3.8, 4) is 0 Å². The topological polar surface area (TPSA) is 111 Å². The van der Waals surface area contributed by atoms with Crippen molar-refractivity contribution in [1.82, 2.24) is 10.2 Å². The molecule has 1 aromatic rings. The highest BCUT2D eigenvalue weighted by Gasteiger charge is 2.72. The second-order valence-electron chi connectivity index (χ2n) is 9.45. The van der Waals surface area contributed by atoms with Crippen molar-refractivity contribution in [1.29, 1.82) is 0 Å². The number of carbonyl (C=O) groups is 3. The highest BCUT2D eigenvalue weighted by atomic mass is 19.4. The monoisotopic (exact) mass is 457 g/mol. The molecule has 4 rings (SSSR count). The average molecular weight is 457 g/mol. The van der Waals surface area contributed by atoms with Crippen LogP contribution in [0.15, 0.2) is 24.3 Å². The molecule has 0 unspecified atom stereocenters. The number of halogens is 3. The van der Waals surface area contributed by atoms with Crippen LogP contribution in [0.1, 0.15) is 51.2 Å². The Kier molecular flexibility index (Phi) is 5.82. The lowest BCUT2D eigenvalue weighted by Gasteiger charge is -2.73. The molecule has 3 aliphatic carbocycles. The fourth-order valence-corrected chi connectivity index (χ4v) is 4.43. The van der Waals surface area contributed by atoms with Crippen LogP contribution in [0.5, 0.6) is 0 Å². The average Bonchev–Trinajstić information content (AvgIpc) is 2.58. The van der Waals surface area contributed by atoms with Crippen LogP contribution in [0, 0.1) is 0 Å². The van der Waals surface area contributed by atoms with E-state index in [-0.39, 0.29) is 12.1 Å². The molecular formula is C21H26F3N3O5. The van der Waals surface area contributed by atoms with E-state index in [1.54, 1.807) is 20.8 Å². The highest BCUT2D eigenvalue weighted by Crippen LogP contribution is 2.64. The maximum absolute atomic E-state index is 13.1. The van der Waals surface area contributed by atoms with E-state index in [4.69, 9.17) is 10.5 Å². The van der Waals surface area contributed by atoms with E-state index in [2.05, 4.69) is 10.1 Å². The summed E-state index contributed by atoms with van der Waals surface area (Å²) >= 11 is 0. The normalized spacial score (nSPS) is 23.9. The van der Waals surface area contributed by atoms with Gasteiger partial charge in [-0.15, -0.1) is 0 Å². The third-order valence-corrected chi connectivity index (χ3v) is 5.57. The largest absolute Gasteiger partial charge is 0.444 e. The molecule has 176 valence electrons. The van der Waals surface area contributed by atoms with Crippen molar-refractivity contribution in [2.45, 2.75) is 69.4 Å². The SMILES string of the molecule is CC(C)(C)OC(=O)NC12CC(N(Cc3cccc(C(F)(F)F)c3)C(=O)COC(N)=O)(C1)C2. The number of hydrogen-bond donors (Lipinski definition) is 2. The molecule has 0 radical (unpaired) electrons. The summed E-state index contributed by atoms with van der Waals surface area (Å²) in [6, 6.07) is 4.70. The molecule has 3 saturated carbocycles. The van der Waals surface area contributed by atoms with Crippen molar-refractivity contribution in [3.63, 3.8) is 0 Å². The quantitative estimate of drug-likeness (QED) is 0.681. The Morgan fingerprint density at radius 1 is 1.16 bits per heavy atom. The van der Waals surface area contributed by atoms with Gasteiger partial charge in [0.25, 0.3) is 5.91 Å². The molecule has 0 aliphatic heterocycles. The van der Waals surface area contributed by atoms with Crippen molar-refractivity contribution in [3.05, 3.63) is 35.4 Å². The van der Waals surface area contributed by atoms with E-state index >= 15 is 0 Å². The lowest BCUT2D eigenvalue weighted by atomic mass is 9.43. The summed E-state index contributed by atoms with van der Waals surface area (Å²) < 4.78 is 49.1. The molecule has 3 aliphatic rings. The Balaban J connectivity index is 1.73. The molecule has 3 amide bonds. The first-order chi connectivity index (χ1) is 14.6. The fraction of sp³-hybridized carbons (Fsp3) is 0.571. The molecule has 3 fully saturated rings. The van der Waals surface area contributed by atoms with Crippen LogP contribution < -0.4 is 11.1 Å². The van der Waals surface area contributed by atoms with Crippen LogP contribution in [0.4, 0.5) is 22.8 Å². The summed E-state index contributed by atoms with van der Waals surface area (Å²) in [6.45, 7) is 4.49. The molecule has 11 heteroatoms. The number of benzene rings is 1. The van der Waals surface area contributed by atoms with Crippen molar-refractivity contribution in [2.75, 3.05) is 6.61 Å². The zero-order valence-electron chi connectivity index (χ0n) is 18.0. The van der Waals surface area contributed by atoms with E-state index in [0.717, 1.165) is 12.1 Å². The van der Waals surface area contributed by atoms with Gasteiger partial charge in [-0.3, -0.25) is 4.79 Å². The molecular weight excluding hydrogens is 431 g/mol. The fourth-order valence-electron chi connectivity index (χ4n) is 4.43. The van der Waals surface area contributed by atoms with Gasteiger partial charge in [0.2, 0.25) is 0 Å². The predicted molar refractivity (Wildman–Crippen MR) is 106 cm³/mol. The van der Waals surface area contributed by atoms with Gasteiger partial charge in [-0.25, -0.2) is 9.59 Å². The summed E-state index contributed by atoms with van der Waals surface area (Å²) in [5, 5.41) is 2.82. The van der Waals surface area contributed by atoms with Gasteiger partial charge in [-0.05, 0) is 57.7 Å². The molecule has 0 spiro atoms. The number of nitrogens with one attached hydrogen (secondary N) is 1. The minimum Gasteiger partial charge on any atom is -0.444 e. The number of carbonyl (C=O) groups excluding carboxylic acids is 3. The van der Waals surface area contributed by atoms with Gasteiger partial charge >= 0.3 is 18.4 Å². The van der Waals surface area contributed by atoms with Crippen LogP contribution in [-0.2, 0) is 27.0 Å². The maximum Gasteiger partial charge on any atom is 0.416 e. The van der Waals surface area contributed by atoms with Gasteiger partial charge in [-0.1, -0.05) is 12.1 Å². The maximum atomic E-state index is 13.1. The molecule has 0 aromatic heterocycles. The summed E-state index contributed by atoms with van der Waals surface area (Å²) in [4.78, 5) is 37.2. The summed E-state index contributed by atoms with van der Waals surface area (Å²) in [7, 11) is 0. The Morgan fingerprint density at radius 2 is 1.78 bits per heavy atom. The van der Waals surface area contributed by atoms with E-state index in [0.29, 0.717) is 19.3 Å². The Labute approximate surface area is 183 Å². The molecule has 3 N–H and O–H groups in total. The van der Waals surface area contributed by atoms with Crippen LogP contribution in [0.2, 0.25) is 0 Å². The summed E-state index contributed by atoms with van der Waals surface area (Å²) in [5.74, 6) is -0.577. The van der Waals surface area contributed by atoms with E-state index in [9.17, 15) is 27.6 Å². The number of nitrogens with zero attached hydrogens (tertiary/aromatic N) is 1. The van der Waals surface area contributed by atoms with Gasteiger partial charge in [0.15, 0.2) is 6.61 Å². The number of rotatable bonds is 6. The van der Waals surface area contributed by atoms with E-state index < -0.39 is 53.1 Å². The first kappa shape index (κ1) is 23.7. The van der Waals surface area contributed by atoms with Gasteiger partial charge < -0.3 is 25.4 Å². The molecule has 1 aromatic carbocycles. The smallest absolute Gasteiger partial charge is 0.416 e. The number of amides is 3. The third kappa shape index (κ3) is 5.08. The summed E-state index contributed by atoms with van der Waals surface area (Å²) in [6.07, 6.45) is -4.96. The molecule has 0 atom stereocenters. The second kappa shape index (κ2) is 7.86. The van der Waals surface area contributed by atoms with Gasteiger partial charge in [0.05, 0.1) is 16.6 Å². The Bertz CT molecular complexity index is 906. The van der Waals surface area contributed by atoms with Crippen LogP contribution in [0.3, 0.4) is 0 Å². The number of ether oxygens (including phenoxy) is 2. The lowest BCUT2D eigenvalue weighted by Crippen LogP contribution is -2.84. The van der Waals surface area contributed by atoms with Crippen LogP contribution in [-0.4, -0.2) is 46.3 Å². The zero-order valence-corrected chi connectivity index (χ0v) is 18.0. The summed E-state index contributed by atoms with van der Waals surface area (Å²) in [5.41, 5.74) is 2.55. The molecule has 32 heavy (non-hydrogen) atoms. The predicted octanol–water partition coefficient (Wildman–Crippen LogP) is 3.33. The minimum absolute atomic E-state index is 0.104. The molecule has 2 bridgehead atoms. The number of alkyl halides is 3. The lowest BCUT2D eigenvalue weighted by molar-refractivity contribution is -0.192. The second-order valence-corrected chi connectivity index (χ2v) is 9.45. The molecule has 0 heterocycles. The van der Waals surface area contributed by atoms with Gasteiger partial charge in [0.1, 0.15) is 5.60 Å². The van der Waals surface area contributed by atoms with Crippen molar-refractivity contribution >= 4 is 18.1 Å². The zero-order chi connectivity index (χ0) is 23.9. The first-order valence-corrected chi connectivity index (χ1v) is 10.0. The third-order valence-electron chi connectivity index (χ3n) is 5.57. The first-order valence-electron chi connectivity index (χ1n) is 10.0. The van der Waals surface area contributed by atoms with E-state index in [1.807, 2.05) is 0 Å². The van der Waals surface area contributed by atoms with Gasteiger partial charge in [-0.2, -0.15) is 13.2 Å². The molecule has 8 nitrogen and oxygen atoms in total. The number of nitrogens with two attached hydrogens (primary N) is 1. The van der Waals surface area contributed by atoms with Gasteiger partial charge in [0, 0.05) is 6.54 Å².